The van der Waals surface area contributed by atoms with E-state index in [1.165, 1.54) is 6.42 Å². The highest BCUT2D eigenvalue weighted by molar-refractivity contribution is 6.74. The number of rotatable bonds is 4. The molecule has 0 aromatic heterocycles. The molecule has 206 valence electrons. The van der Waals surface area contributed by atoms with Crippen LogP contribution in [-0.2, 0) is 13.6 Å². The molecule has 0 spiro atoms. The zero-order valence-electron chi connectivity index (χ0n) is 25.6. The van der Waals surface area contributed by atoms with Crippen LogP contribution in [0.2, 0.25) is 36.3 Å². The van der Waals surface area contributed by atoms with E-state index in [-0.39, 0.29) is 33.1 Å². The molecule has 7 atom stereocenters. The Morgan fingerprint density at radius 3 is 2.06 bits per heavy atom. The van der Waals surface area contributed by atoms with Crippen LogP contribution >= 0.6 is 0 Å². The lowest BCUT2D eigenvalue weighted by molar-refractivity contribution is -0.134. The molecule has 0 radical (unpaired) electrons. The van der Waals surface area contributed by atoms with Crippen molar-refractivity contribution in [1.29, 1.82) is 0 Å². The normalized spacial score (nSPS) is 39.8. The number of allylic oxidation sites excluding steroid dienone is 1. The summed E-state index contributed by atoms with van der Waals surface area (Å²) in [6, 6.07) is 0. The molecule has 0 bridgehead atoms. The Hall–Kier alpha value is -0.236. The molecule has 0 heterocycles. The predicted molar refractivity (Wildman–Crippen MR) is 156 cm³/mol. The first kappa shape index (κ1) is 28.8. The maximum absolute atomic E-state index is 12.9. The van der Waals surface area contributed by atoms with Gasteiger partial charge in [-0.25, -0.2) is 0 Å². The molecule has 4 aliphatic rings. The van der Waals surface area contributed by atoms with Crippen LogP contribution in [0, 0.1) is 28.6 Å². The van der Waals surface area contributed by atoms with Crippen LogP contribution in [0.4, 0.5) is 0 Å². The van der Waals surface area contributed by atoms with Crippen LogP contribution in [0.1, 0.15) is 100 Å². The third-order valence-corrected chi connectivity index (χ3v) is 21.4. The number of ketones is 1. The molecule has 0 aromatic carbocycles. The second kappa shape index (κ2) is 8.89. The van der Waals surface area contributed by atoms with E-state index in [9.17, 15) is 4.79 Å². The Morgan fingerprint density at radius 1 is 0.889 bits per heavy atom. The van der Waals surface area contributed by atoms with Crippen molar-refractivity contribution in [3.63, 3.8) is 0 Å². The van der Waals surface area contributed by atoms with Crippen molar-refractivity contribution in [3.05, 3.63) is 11.6 Å². The third-order valence-electron chi connectivity index (χ3n) is 12.3. The smallest absolute Gasteiger partial charge is 0.192 e. The van der Waals surface area contributed by atoms with Gasteiger partial charge < -0.3 is 8.85 Å². The summed E-state index contributed by atoms with van der Waals surface area (Å²) in [5, 5.41) is 0.385. The number of fused-ring (bicyclic) bond motifs is 5. The van der Waals surface area contributed by atoms with Gasteiger partial charge in [0, 0.05) is 17.3 Å². The van der Waals surface area contributed by atoms with E-state index in [2.05, 4.69) is 87.7 Å². The first-order valence-corrected chi connectivity index (χ1v) is 20.6. The fourth-order valence-electron chi connectivity index (χ4n) is 7.82. The molecule has 0 aliphatic heterocycles. The minimum atomic E-state index is -1.97. The van der Waals surface area contributed by atoms with E-state index < -0.39 is 16.6 Å². The predicted octanol–water partition coefficient (Wildman–Crippen LogP) is 8.91. The molecule has 0 aromatic rings. The topological polar surface area (TPSA) is 35.5 Å². The zero-order chi connectivity index (χ0) is 27.1. The van der Waals surface area contributed by atoms with Crippen LogP contribution in [0.5, 0.6) is 0 Å². The van der Waals surface area contributed by atoms with Gasteiger partial charge in [0.25, 0.3) is 0 Å². The van der Waals surface area contributed by atoms with Crippen molar-refractivity contribution in [3.8, 4) is 0 Å². The van der Waals surface area contributed by atoms with Crippen molar-refractivity contribution in [2.24, 2.45) is 28.6 Å². The Balaban J connectivity index is 1.72. The van der Waals surface area contributed by atoms with Gasteiger partial charge in [0.1, 0.15) is 5.78 Å². The molecular formula is C31H56O3Si2. The van der Waals surface area contributed by atoms with E-state index in [1.807, 2.05) is 0 Å². The number of Topliss-reactive ketones (excluding diaryl/α,β-unsaturated/α-hetero) is 1. The Morgan fingerprint density at radius 2 is 1.47 bits per heavy atom. The minimum Gasteiger partial charge on any atom is -0.414 e. The van der Waals surface area contributed by atoms with Crippen molar-refractivity contribution < 1.29 is 13.6 Å². The van der Waals surface area contributed by atoms with Gasteiger partial charge >= 0.3 is 0 Å². The summed E-state index contributed by atoms with van der Waals surface area (Å²) in [4.78, 5) is 12.9. The first-order chi connectivity index (χ1) is 16.2. The van der Waals surface area contributed by atoms with Crippen LogP contribution in [-0.4, -0.2) is 34.6 Å². The number of hydrogen-bond acceptors (Lipinski definition) is 3. The van der Waals surface area contributed by atoms with E-state index in [4.69, 9.17) is 8.85 Å². The van der Waals surface area contributed by atoms with Crippen molar-refractivity contribution in [1.82, 2.24) is 0 Å². The number of carbonyl (C=O) groups excluding carboxylic acids is 1. The molecule has 0 saturated heterocycles. The molecule has 36 heavy (non-hydrogen) atoms. The van der Waals surface area contributed by atoms with Crippen molar-refractivity contribution >= 4 is 22.4 Å². The van der Waals surface area contributed by atoms with Gasteiger partial charge in [-0.05, 0) is 92.5 Å². The quantitative estimate of drug-likeness (QED) is 0.268. The molecule has 2 unspecified atom stereocenters. The third kappa shape index (κ3) is 4.50. The van der Waals surface area contributed by atoms with Gasteiger partial charge in [0.2, 0.25) is 0 Å². The molecule has 3 nitrogen and oxygen atoms in total. The van der Waals surface area contributed by atoms with E-state index in [0.717, 1.165) is 38.5 Å². The van der Waals surface area contributed by atoms with Gasteiger partial charge in [-0.3, -0.25) is 4.79 Å². The first-order valence-electron chi connectivity index (χ1n) is 14.8. The van der Waals surface area contributed by atoms with Gasteiger partial charge in [-0.15, -0.1) is 0 Å². The molecule has 0 N–H and O–H groups in total. The minimum absolute atomic E-state index is 0.0543. The monoisotopic (exact) mass is 532 g/mol. The molecule has 4 aliphatic carbocycles. The summed E-state index contributed by atoms with van der Waals surface area (Å²) in [6.45, 7) is 28.6. The second-order valence-corrected chi connectivity index (χ2v) is 25.9. The van der Waals surface area contributed by atoms with E-state index in [0.29, 0.717) is 23.5 Å². The summed E-state index contributed by atoms with van der Waals surface area (Å²) in [5.74, 6) is 2.32. The highest BCUT2D eigenvalue weighted by atomic mass is 28.4. The zero-order valence-corrected chi connectivity index (χ0v) is 27.6. The molecule has 0 amide bonds. The highest BCUT2D eigenvalue weighted by Gasteiger charge is 2.62. The number of carbonyl (C=O) groups is 1. The van der Waals surface area contributed by atoms with E-state index >= 15 is 0 Å². The standard InChI is InChI=1S/C31H56O3Si2/c1-28(2,3)35(9,10)33-22-19-21-13-14-23-24-15-16-26(32)30(24,7)18-17-25(23)31(21,8)27(20-22)34-36(11,12)29(4,5)6/h13,22-25,27H,14-20H2,1-12H3/t22?,23-,24-,25+,27?,30-,31-/m0/s1. The Kier molecular flexibility index (Phi) is 7.10. The van der Waals surface area contributed by atoms with E-state index in [1.54, 1.807) is 5.57 Å². The number of hydrogen-bond donors (Lipinski definition) is 0. The molecule has 5 heteroatoms. The lowest BCUT2D eigenvalue weighted by atomic mass is 9.47. The average Bonchev–Trinajstić information content (AvgIpc) is 3.01. The maximum Gasteiger partial charge on any atom is 0.192 e. The maximum atomic E-state index is 12.9. The molecule has 3 fully saturated rings. The average molecular weight is 533 g/mol. The highest BCUT2D eigenvalue weighted by Crippen LogP contribution is 2.65. The summed E-state index contributed by atoms with van der Waals surface area (Å²) in [6.07, 6.45) is 10.4. The van der Waals surface area contributed by atoms with Crippen LogP contribution in [0.15, 0.2) is 11.6 Å². The Bertz CT molecular complexity index is 908. The van der Waals surface area contributed by atoms with Gasteiger partial charge in [-0.1, -0.05) is 67.0 Å². The van der Waals surface area contributed by atoms with Gasteiger partial charge in [-0.2, -0.15) is 0 Å². The SMILES string of the molecule is CC(C)(C)[Si](C)(C)OC1CC2=CC[C@@H]3[C@@H](CC[C@]4(C)C(=O)CC[C@@H]34)[C@@]2(C)C(O[Si](C)(C)C(C)(C)C)C1. The Labute approximate surface area is 224 Å². The van der Waals surface area contributed by atoms with Crippen molar-refractivity contribution in [2.45, 2.75) is 149 Å². The lowest BCUT2D eigenvalue weighted by Crippen LogP contribution is -2.60. The summed E-state index contributed by atoms with van der Waals surface area (Å²) in [5.41, 5.74) is 1.58. The molecular weight excluding hydrogens is 477 g/mol. The second-order valence-electron chi connectivity index (χ2n) is 16.3. The molecule has 4 rings (SSSR count). The summed E-state index contributed by atoms with van der Waals surface area (Å²) < 4.78 is 14.5. The molecule has 3 saturated carbocycles. The van der Waals surface area contributed by atoms with Crippen LogP contribution in [0.25, 0.3) is 0 Å². The fourth-order valence-corrected chi connectivity index (χ4v) is 10.6. The summed E-state index contributed by atoms with van der Waals surface area (Å²) >= 11 is 0. The van der Waals surface area contributed by atoms with Gasteiger partial charge in [0.05, 0.1) is 12.2 Å². The summed E-state index contributed by atoms with van der Waals surface area (Å²) in [7, 11) is -3.85. The van der Waals surface area contributed by atoms with Crippen molar-refractivity contribution in [2.75, 3.05) is 0 Å². The van der Waals surface area contributed by atoms with Gasteiger partial charge in [0.15, 0.2) is 16.6 Å². The van der Waals surface area contributed by atoms with Crippen LogP contribution in [0.3, 0.4) is 0 Å². The largest absolute Gasteiger partial charge is 0.414 e. The lowest BCUT2D eigenvalue weighted by Gasteiger charge is -2.61. The fraction of sp³-hybridized carbons (Fsp3) is 0.903. The van der Waals surface area contributed by atoms with Crippen LogP contribution < -0.4 is 0 Å².